The molecule has 5 heteroatoms. The van der Waals surface area contributed by atoms with Gasteiger partial charge in [0, 0.05) is 6.54 Å². The summed E-state index contributed by atoms with van der Waals surface area (Å²) in [5.74, 6) is 0.364. The van der Waals surface area contributed by atoms with Crippen molar-refractivity contribution in [2.75, 3.05) is 11.9 Å². The van der Waals surface area contributed by atoms with Gasteiger partial charge in [-0.25, -0.2) is 4.79 Å². The standard InChI is InChI=1S/C14H21ClN2O2/c1-10(2)8-14(3,19)9-16-13(18)17-12-7-5-4-6-11(12)15/h4-7,10,19H,8-9H2,1-3H3,(H2,16,17,18). The minimum absolute atomic E-state index is 0.196. The Kier molecular flexibility index (Phi) is 5.63. The number of aliphatic hydroxyl groups is 1. The maximum absolute atomic E-state index is 11.7. The molecule has 1 atom stereocenters. The van der Waals surface area contributed by atoms with Gasteiger partial charge in [-0.2, -0.15) is 0 Å². The van der Waals surface area contributed by atoms with Crippen LogP contribution >= 0.6 is 11.6 Å². The number of benzene rings is 1. The van der Waals surface area contributed by atoms with Crippen LogP contribution in [0.4, 0.5) is 10.5 Å². The van der Waals surface area contributed by atoms with Crippen LogP contribution in [0.15, 0.2) is 24.3 Å². The first-order valence-electron chi connectivity index (χ1n) is 6.32. The number of carbonyl (C=O) groups excluding carboxylic acids is 1. The van der Waals surface area contributed by atoms with Crippen molar-refractivity contribution in [2.24, 2.45) is 5.92 Å². The molecule has 0 spiro atoms. The van der Waals surface area contributed by atoms with Gasteiger partial charge in [-0.1, -0.05) is 37.6 Å². The molecule has 4 nitrogen and oxygen atoms in total. The van der Waals surface area contributed by atoms with Crippen LogP contribution in [0, 0.1) is 5.92 Å². The summed E-state index contributed by atoms with van der Waals surface area (Å²) in [6.45, 7) is 5.96. The van der Waals surface area contributed by atoms with Gasteiger partial charge < -0.3 is 15.7 Å². The Hall–Kier alpha value is -1.26. The van der Waals surface area contributed by atoms with E-state index < -0.39 is 5.60 Å². The van der Waals surface area contributed by atoms with E-state index in [1.54, 1.807) is 31.2 Å². The lowest BCUT2D eigenvalue weighted by atomic mass is 9.94. The SMILES string of the molecule is CC(C)CC(C)(O)CNC(=O)Nc1ccccc1Cl. The molecule has 0 saturated heterocycles. The number of hydrogen-bond acceptors (Lipinski definition) is 2. The zero-order valence-electron chi connectivity index (χ0n) is 11.5. The fourth-order valence-electron chi connectivity index (χ4n) is 1.95. The molecule has 0 saturated carbocycles. The number of rotatable bonds is 5. The molecule has 0 fully saturated rings. The topological polar surface area (TPSA) is 61.4 Å². The molecule has 0 heterocycles. The number of amides is 2. The van der Waals surface area contributed by atoms with Crippen LogP contribution in [0.5, 0.6) is 0 Å². The maximum Gasteiger partial charge on any atom is 0.319 e. The van der Waals surface area contributed by atoms with Gasteiger partial charge in [0.2, 0.25) is 0 Å². The first-order chi connectivity index (χ1) is 8.80. The van der Waals surface area contributed by atoms with E-state index in [0.717, 1.165) is 0 Å². The third-order valence-electron chi connectivity index (χ3n) is 2.60. The predicted octanol–water partition coefficient (Wildman–Crippen LogP) is 3.26. The number of carbonyl (C=O) groups is 1. The van der Waals surface area contributed by atoms with Gasteiger partial charge in [0.1, 0.15) is 0 Å². The van der Waals surface area contributed by atoms with Gasteiger partial charge in [-0.05, 0) is 31.4 Å². The summed E-state index contributed by atoms with van der Waals surface area (Å²) in [6.07, 6.45) is 0.624. The van der Waals surface area contributed by atoms with Gasteiger partial charge in [0.15, 0.2) is 0 Å². The number of nitrogens with one attached hydrogen (secondary N) is 2. The van der Waals surface area contributed by atoms with E-state index >= 15 is 0 Å². The Balaban J connectivity index is 2.46. The molecule has 0 aliphatic carbocycles. The summed E-state index contributed by atoms with van der Waals surface area (Å²) in [5.41, 5.74) is -0.364. The van der Waals surface area contributed by atoms with E-state index in [2.05, 4.69) is 10.6 Å². The molecule has 1 rings (SSSR count). The average Bonchev–Trinajstić information content (AvgIpc) is 2.28. The van der Waals surface area contributed by atoms with Gasteiger partial charge in [0.05, 0.1) is 16.3 Å². The summed E-state index contributed by atoms with van der Waals surface area (Å²) in [6, 6.07) is 6.62. The molecule has 1 aromatic rings. The van der Waals surface area contributed by atoms with Gasteiger partial charge in [-0.15, -0.1) is 0 Å². The highest BCUT2D eigenvalue weighted by Crippen LogP contribution is 2.20. The second-order valence-electron chi connectivity index (χ2n) is 5.38. The second-order valence-corrected chi connectivity index (χ2v) is 5.79. The highest BCUT2D eigenvalue weighted by atomic mass is 35.5. The number of halogens is 1. The molecule has 0 radical (unpaired) electrons. The third kappa shape index (κ3) is 5.94. The molecule has 0 bridgehead atoms. The van der Waals surface area contributed by atoms with E-state index in [9.17, 15) is 9.90 Å². The van der Waals surface area contributed by atoms with Crippen LogP contribution in [0.1, 0.15) is 27.2 Å². The van der Waals surface area contributed by atoms with Crippen molar-refractivity contribution in [1.82, 2.24) is 5.32 Å². The van der Waals surface area contributed by atoms with E-state index in [-0.39, 0.29) is 12.6 Å². The van der Waals surface area contributed by atoms with Crippen molar-refractivity contribution >= 4 is 23.3 Å². The Morgan fingerprint density at radius 1 is 1.42 bits per heavy atom. The second kappa shape index (κ2) is 6.78. The zero-order valence-corrected chi connectivity index (χ0v) is 12.3. The fraction of sp³-hybridized carbons (Fsp3) is 0.500. The van der Waals surface area contributed by atoms with Crippen molar-refractivity contribution in [3.63, 3.8) is 0 Å². The Morgan fingerprint density at radius 2 is 2.05 bits per heavy atom. The predicted molar refractivity (Wildman–Crippen MR) is 78.6 cm³/mol. The lowest BCUT2D eigenvalue weighted by molar-refractivity contribution is 0.0413. The van der Waals surface area contributed by atoms with E-state index in [4.69, 9.17) is 11.6 Å². The number of para-hydroxylation sites is 1. The number of anilines is 1. The third-order valence-corrected chi connectivity index (χ3v) is 2.93. The molecule has 0 aliphatic rings. The zero-order chi connectivity index (χ0) is 14.5. The molecular weight excluding hydrogens is 264 g/mol. The molecule has 106 valence electrons. The van der Waals surface area contributed by atoms with E-state index in [1.165, 1.54) is 0 Å². The van der Waals surface area contributed by atoms with Crippen LogP contribution < -0.4 is 10.6 Å². The van der Waals surface area contributed by atoms with E-state index in [0.29, 0.717) is 23.0 Å². The summed E-state index contributed by atoms with van der Waals surface area (Å²) in [7, 11) is 0. The summed E-state index contributed by atoms with van der Waals surface area (Å²) in [5, 5.41) is 15.9. The highest BCUT2D eigenvalue weighted by molar-refractivity contribution is 6.33. The Morgan fingerprint density at radius 3 is 2.63 bits per heavy atom. The molecular formula is C14H21ClN2O2. The minimum atomic E-state index is -0.911. The van der Waals surface area contributed by atoms with Crippen LogP contribution in [-0.2, 0) is 0 Å². The Bertz CT molecular complexity index is 433. The first kappa shape index (κ1) is 15.8. The van der Waals surface area contributed by atoms with Crippen LogP contribution in [-0.4, -0.2) is 23.3 Å². The molecule has 3 N–H and O–H groups in total. The number of hydrogen-bond donors (Lipinski definition) is 3. The minimum Gasteiger partial charge on any atom is -0.388 e. The van der Waals surface area contributed by atoms with Crippen molar-refractivity contribution in [2.45, 2.75) is 32.8 Å². The summed E-state index contributed by atoms with van der Waals surface area (Å²) in [4.78, 5) is 11.7. The van der Waals surface area contributed by atoms with Gasteiger partial charge in [0.25, 0.3) is 0 Å². The molecule has 1 aromatic carbocycles. The first-order valence-corrected chi connectivity index (χ1v) is 6.70. The smallest absolute Gasteiger partial charge is 0.319 e. The fourth-order valence-corrected chi connectivity index (χ4v) is 2.13. The molecule has 2 amide bonds. The maximum atomic E-state index is 11.7. The largest absolute Gasteiger partial charge is 0.388 e. The summed E-state index contributed by atoms with van der Waals surface area (Å²) >= 11 is 5.94. The number of urea groups is 1. The van der Waals surface area contributed by atoms with Crippen molar-refractivity contribution in [3.8, 4) is 0 Å². The normalized spacial score (nSPS) is 14.0. The lowest BCUT2D eigenvalue weighted by Gasteiger charge is -2.25. The molecule has 1 unspecified atom stereocenters. The molecule has 19 heavy (non-hydrogen) atoms. The highest BCUT2D eigenvalue weighted by Gasteiger charge is 2.22. The monoisotopic (exact) mass is 284 g/mol. The van der Waals surface area contributed by atoms with Gasteiger partial charge >= 0.3 is 6.03 Å². The lowest BCUT2D eigenvalue weighted by Crippen LogP contribution is -2.43. The van der Waals surface area contributed by atoms with Crippen LogP contribution in [0.2, 0.25) is 5.02 Å². The van der Waals surface area contributed by atoms with E-state index in [1.807, 2.05) is 13.8 Å². The average molecular weight is 285 g/mol. The van der Waals surface area contributed by atoms with Crippen molar-refractivity contribution in [1.29, 1.82) is 0 Å². The van der Waals surface area contributed by atoms with Gasteiger partial charge in [-0.3, -0.25) is 0 Å². The molecule has 0 aromatic heterocycles. The Labute approximate surface area is 119 Å². The van der Waals surface area contributed by atoms with Crippen molar-refractivity contribution in [3.05, 3.63) is 29.3 Å². The quantitative estimate of drug-likeness (QED) is 0.777. The van der Waals surface area contributed by atoms with Crippen LogP contribution in [0.3, 0.4) is 0 Å². The van der Waals surface area contributed by atoms with Crippen LogP contribution in [0.25, 0.3) is 0 Å². The summed E-state index contributed by atoms with van der Waals surface area (Å²) < 4.78 is 0. The molecule has 0 aliphatic heterocycles. The van der Waals surface area contributed by atoms with Crippen molar-refractivity contribution < 1.29 is 9.90 Å².